The molecule has 1 heterocycles. The molecule has 0 aliphatic rings. The highest BCUT2D eigenvalue weighted by molar-refractivity contribution is 5.05. The molecule has 2 nitrogen and oxygen atoms in total. The first kappa shape index (κ1) is 5.15. The third kappa shape index (κ3) is 0.992. The van der Waals surface area contributed by atoms with E-state index in [1.807, 2.05) is 0 Å². The Kier molecular flexibility index (Phi) is 1.20. The maximum Gasteiger partial charge on any atom is 0.308 e. The number of hydrogen-bond acceptors (Lipinski definition) is 2. The Bertz CT molecular complexity index is 149. The van der Waals surface area contributed by atoms with E-state index in [1.54, 1.807) is 0 Å². The molecule has 0 atom stereocenters. The minimum atomic E-state index is -0.711. The molecule has 0 aromatic carbocycles. The summed E-state index contributed by atoms with van der Waals surface area (Å²) in [7, 11) is 0. The number of rotatable bonds is 0. The highest BCUT2D eigenvalue weighted by Crippen LogP contribution is 1.89. The van der Waals surface area contributed by atoms with Crippen LogP contribution >= 0.6 is 0 Å². The molecule has 0 saturated heterocycles. The van der Waals surface area contributed by atoms with Crippen LogP contribution in [0.4, 0.5) is 4.39 Å². The molecule has 0 saturated carbocycles. The van der Waals surface area contributed by atoms with Gasteiger partial charge in [-0.3, -0.25) is 0 Å². The highest BCUT2D eigenvalue weighted by atomic mass is 19.1. The Morgan fingerprint density at radius 3 is 2.25 bits per heavy atom. The van der Waals surface area contributed by atoms with E-state index in [0.29, 0.717) is 5.56 Å². The van der Waals surface area contributed by atoms with Gasteiger partial charge < -0.3 is 0 Å². The summed E-state index contributed by atoms with van der Waals surface area (Å²) in [5.74, 6) is 0. The summed E-state index contributed by atoms with van der Waals surface area (Å²) in [6.45, 7) is 3.47. The molecule has 0 spiro atoms. The molecule has 0 unspecified atom stereocenters. The van der Waals surface area contributed by atoms with E-state index in [2.05, 4.69) is 16.9 Å². The third-order valence-electron chi connectivity index (χ3n) is 0.674. The Morgan fingerprint density at radius 2 is 1.88 bits per heavy atom. The molecular weight excluding hydrogens is 107 g/mol. The molecule has 1 radical (unpaired) electrons. The molecule has 0 bridgehead atoms. The Morgan fingerprint density at radius 1 is 1.38 bits per heavy atom. The van der Waals surface area contributed by atoms with Crippen LogP contribution in [0.1, 0.15) is 5.56 Å². The predicted molar refractivity (Wildman–Crippen MR) is 26.4 cm³/mol. The summed E-state index contributed by atoms with van der Waals surface area (Å²) in [6.07, 6.45) is 1.93. The second kappa shape index (κ2) is 1.86. The van der Waals surface area contributed by atoms with Gasteiger partial charge in [0.15, 0.2) is 0 Å². The number of hydrogen-bond donors (Lipinski definition) is 0. The first-order chi connectivity index (χ1) is 3.79. The first-order valence-electron chi connectivity index (χ1n) is 2.08. The van der Waals surface area contributed by atoms with E-state index >= 15 is 0 Å². The summed E-state index contributed by atoms with van der Waals surface area (Å²) in [4.78, 5) is 6.48. The zero-order valence-corrected chi connectivity index (χ0v) is 4.13. The second-order valence-electron chi connectivity index (χ2n) is 1.36. The van der Waals surface area contributed by atoms with Crippen molar-refractivity contribution in [3.05, 3.63) is 31.0 Å². The van der Waals surface area contributed by atoms with Gasteiger partial charge in [-0.15, -0.1) is 0 Å². The zero-order chi connectivity index (χ0) is 5.98. The Hall–Kier alpha value is -0.990. The van der Waals surface area contributed by atoms with Crippen molar-refractivity contribution < 1.29 is 4.39 Å². The molecule has 1 aromatic heterocycles. The molecule has 0 amide bonds. The van der Waals surface area contributed by atoms with E-state index in [4.69, 9.17) is 0 Å². The quantitative estimate of drug-likeness (QED) is 0.463. The molecule has 3 heteroatoms. The molecule has 0 fully saturated rings. The number of halogens is 1. The average molecular weight is 111 g/mol. The molecule has 8 heavy (non-hydrogen) atoms. The number of nitrogens with zero attached hydrogens (tertiary/aromatic N) is 2. The lowest BCUT2D eigenvalue weighted by Gasteiger charge is -1.85. The Balaban J connectivity index is 3.03. The van der Waals surface area contributed by atoms with Gasteiger partial charge in [0, 0.05) is 12.4 Å². The molecule has 1 aromatic rings. The summed E-state index contributed by atoms with van der Waals surface area (Å²) < 4.78 is 11.8. The van der Waals surface area contributed by atoms with Gasteiger partial charge in [-0.05, 0) is 12.5 Å². The lowest BCUT2D eigenvalue weighted by Crippen LogP contribution is -1.86. The van der Waals surface area contributed by atoms with Crippen molar-refractivity contribution in [1.29, 1.82) is 0 Å². The van der Waals surface area contributed by atoms with Crippen LogP contribution in [0.3, 0.4) is 0 Å². The van der Waals surface area contributed by atoms with Gasteiger partial charge in [0.2, 0.25) is 0 Å². The molecule has 0 aliphatic heterocycles. The van der Waals surface area contributed by atoms with Crippen LogP contribution in [0, 0.1) is 13.0 Å². The van der Waals surface area contributed by atoms with Crippen LogP contribution in [0.15, 0.2) is 12.4 Å². The molecule has 41 valence electrons. The first-order valence-corrected chi connectivity index (χ1v) is 2.08. The van der Waals surface area contributed by atoms with Gasteiger partial charge in [-0.25, -0.2) is 9.97 Å². The van der Waals surface area contributed by atoms with Crippen LogP contribution in [0.5, 0.6) is 0 Å². The lowest BCUT2D eigenvalue weighted by atomic mass is 10.4. The summed E-state index contributed by atoms with van der Waals surface area (Å²) in [5.41, 5.74) is 0.617. The van der Waals surface area contributed by atoms with E-state index in [9.17, 15) is 4.39 Å². The third-order valence-corrected chi connectivity index (χ3v) is 0.674. The van der Waals surface area contributed by atoms with Crippen molar-refractivity contribution in [2.75, 3.05) is 0 Å². The summed E-state index contributed by atoms with van der Waals surface area (Å²) in [6, 6.07) is 0. The van der Waals surface area contributed by atoms with E-state index in [0.717, 1.165) is 0 Å². The van der Waals surface area contributed by atoms with Crippen LogP contribution < -0.4 is 0 Å². The number of aromatic nitrogens is 2. The lowest BCUT2D eigenvalue weighted by molar-refractivity contribution is 0.538. The second-order valence-corrected chi connectivity index (χ2v) is 1.36. The fraction of sp³-hybridized carbons (Fsp3) is 0. The predicted octanol–water partition coefficient (Wildman–Crippen LogP) is 0.798. The van der Waals surface area contributed by atoms with Crippen molar-refractivity contribution >= 4 is 0 Å². The Labute approximate surface area is 46.4 Å². The van der Waals surface area contributed by atoms with Crippen molar-refractivity contribution in [1.82, 2.24) is 9.97 Å². The van der Waals surface area contributed by atoms with E-state index in [1.165, 1.54) is 12.4 Å². The largest absolute Gasteiger partial charge is 0.308 e. The normalized spacial score (nSPS) is 9.25. The molecular formula is C5H4FN2. The maximum absolute atomic E-state index is 11.8. The highest BCUT2D eigenvalue weighted by Gasteiger charge is 1.86. The SMILES string of the molecule is [CH2]c1cnc(F)nc1. The van der Waals surface area contributed by atoms with Crippen LogP contribution in [-0.2, 0) is 0 Å². The topological polar surface area (TPSA) is 25.8 Å². The molecule has 1 rings (SSSR count). The van der Waals surface area contributed by atoms with Crippen LogP contribution in [0.25, 0.3) is 0 Å². The van der Waals surface area contributed by atoms with Gasteiger partial charge in [0.25, 0.3) is 0 Å². The average Bonchev–Trinajstić information content (AvgIpc) is 1.77. The maximum atomic E-state index is 11.8. The van der Waals surface area contributed by atoms with Crippen molar-refractivity contribution in [3.8, 4) is 0 Å². The monoisotopic (exact) mass is 111 g/mol. The van der Waals surface area contributed by atoms with Crippen LogP contribution in [-0.4, -0.2) is 9.97 Å². The fourth-order valence-electron chi connectivity index (χ4n) is 0.339. The smallest absolute Gasteiger partial charge is 0.211 e. The summed E-state index contributed by atoms with van der Waals surface area (Å²) >= 11 is 0. The van der Waals surface area contributed by atoms with Gasteiger partial charge in [0.05, 0.1) is 0 Å². The van der Waals surface area contributed by atoms with Gasteiger partial charge >= 0.3 is 6.08 Å². The minimum absolute atomic E-state index is 0.617. The fourth-order valence-corrected chi connectivity index (χ4v) is 0.339. The van der Waals surface area contributed by atoms with E-state index < -0.39 is 6.08 Å². The molecule has 0 aliphatic carbocycles. The van der Waals surface area contributed by atoms with Gasteiger partial charge in [-0.2, -0.15) is 4.39 Å². The van der Waals surface area contributed by atoms with Crippen LogP contribution in [0.2, 0.25) is 0 Å². The molecule has 0 N–H and O–H groups in total. The minimum Gasteiger partial charge on any atom is -0.211 e. The van der Waals surface area contributed by atoms with Crippen molar-refractivity contribution in [2.24, 2.45) is 0 Å². The van der Waals surface area contributed by atoms with E-state index in [-0.39, 0.29) is 0 Å². The van der Waals surface area contributed by atoms with Gasteiger partial charge in [0.1, 0.15) is 0 Å². The van der Waals surface area contributed by atoms with Crippen molar-refractivity contribution in [3.63, 3.8) is 0 Å². The summed E-state index contributed by atoms with van der Waals surface area (Å²) in [5, 5.41) is 0. The zero-order valence-electron chi connectivity index (χ0n) is 4.13. The standard InChI is InChI=1S/C5H4FN2/c1-4-2-7-5(6)8-3-4/h2-3H,1H2. The van der Waals surface area contributed by atoms with Gasteiger partial charge in [-0.1, -0.05) is 0 Å². The van der Waals surface area contributed by atoms with Crippen molar-refractivity contribution in [2.45, 2.75) is 0 Å².